The molecule has 168 valence electrons. The molecule has 0 saturated carbocycles. The molecule has 1 atom stereocenters. The summed E-state index contributed by atoms with van der Waals surface area (Å²) in [6, 6.07) is 12.1. The molecule has 2 aliphatic heterocycles. The van der Waals surface area contributed by atoms with E-state index in [1.54, 1.807) is 18.2 Å². The fourth-order valence-corrected chi connectivity index (χ4v) is 4.09. The van der Waals surface area contributed by atoms with Crippen LogP contribution in [0.5, 0.6) is 11.5 Å². The second-order valence-corrected chi connectivity index (χ2v) is 8.68. The van der Waals surface area contributed by atoms with Crippen molar-refractivity contribution in [2.45, 2.75) is 26.3 Å². The first-order chi connectivity index (χ1) is 15.3. The molecule has 2 aliphatic rings. The van der Waals surface area contributed by atoms with Crippen LogP contribution in [0.1, 0.15) is 31.9 Å². The largest absolute Gasteiger partial charge is 0.503 e. The third-order valence-electron chi connectivity index (χ3n) is 5.63. The molecule has 0 fully saturated rings. The van der Waals surface area contributed by atoms with Gasteiger partial charge in [-0.05, 0) is 35.7 Å². The lowest BCUT2D eigenvalue weighted by Gasteiger charge is -2.29. The summed E-state index contributed by atoms with van der Waals surface area (Å²) in [5.74, 6) is -0.0928. The van der Waals surface area contributed by atoms with Gasteiger partial charge in [-0.1, -0.05) is 26.0 Å². The number of aliphatic hydroxyl groups is 1. The molecule has 0 spiro atoms. The minimum atomic E-state index is -0.729. The summed E-state index contributed by atoms with van der Waals surface area (Å²) in [6.45, 7) is 4.75. The van der Waals surface area contributed by atoms with E-state index in [-0.39, 0.29) is 23.7 Å². The number of anilines is 2. The van der Waals surface area contributed by atoms with Crippen LogP contribution in [0.25, 0.3) is 0 Å². The number of carbonyl (C=O) groups excluding carboxylic acids is 2. The summed E-state index contributed by atoms with van der Waals surface area (Å²) in [5, 5.41) is 10.8. The number of aliphatic hydroxyl groups excluding tert-OH is 1. The van der Waals surface area contributed by atoms with Gasteiger partial charge in [-0.3, -0.25) is 14.5 Å². The summed E-state index contributed by atoms with van der Waals surface area (Å²) in [5.41, 5.74) is 2.40. The van der Waals surface area contributed by atoms with E-state index < -0.39 is 17.7 Å². The second-order valence-electron chi connectivity index (χ2n) is 8.68. The van der Waals surface area contributed by atoms with Gasteiger partial charge >= 0.3 is 0 Å². The number of ether oxygens (including phenoxy) is 2. The van der Waals surface area contributed by atoms with E-state index >= 15 is 0 Å². The van der Waals surface area contributed by atoms with Crippen LogP contribution in [-0.2, 0) is 9.59 Å². The monoisotopic (exact) mass is 436 g/mol. The first-order valence-electron chi connectivity index (χ1n) is 10.7. The van der Waals surface area contributed by atoms with Gasteiger partial charge in [0.1, 0.15) is 13.2 Å². The number of carbonyl (C=O) groups is 2. The van der Waals surface area contributed by atoms with Crippen molar-refractivity contribution in [1.29, 1.82) is 0 Å². The summed E-state index contributed by atoms with van der Waals surface area (Å²) in [7, 11) is 3.89. The number of ketones is 1. The van der Waals surface area contributed by atoms with E-state index in [1.807, 2.05) is 57.1 Å². The highest BCUT2D eigenvalue weighted by Crippen LogP contribution is 2.44. The Hall–Kier alpha value is -3.48. The highest BCUT2D eigenvalue weighted by Gasteiger charge is 2.44. The second kappa shape index (κ2) is 8.57. The van der Waals surface area contributed by atoms with Gasteiger partial charge in [-0.25, -0.2) is 0 Å². The molecule has 2 heterocycles. The first-order valence-corrected chi connectivity index (χ1v) is 10.7. The van der Waals surface area contributed by atoms with Crippen molar-refractivity contribution in [2.24, 2.45) is 5.92 Å². The molecule has 7 heteroatoms. The zero-order valence-corrected chi connectivity index (χ0v) is 18.8. The Labute approximate surface area is 187 Å². The number of rotatable bonds is 6. The minimum absolute atomic E-state index is 0.0954. The van der Waals surface area contributed by atoms with Crippen molar-refractivity contribution >= 4 is 23.1 Å². The van der Waals surface area contributed by atoms with Crippen molar-refractivity contribution < 1.29 is 24.2 Å². The molecule has 4 rings (SSSR count). The van der Waals surface area contributed by atoms with Crippen LogP contribution in [0.3, 0.4) is 0 Å². The summed E-state index contributed by atoms with van der Waals surface area (Å²) in [6.07, 6.45) is 0.244. The Kier molecular flexibility index (Phi) is 5.82. The molecule has 1 amide bonds. The Bertz CT molecular complexity index is 1070. The highest BCUT2D eigenvalue weighted by molar-refractivity contribution is 6.16. The predicted molar refractivity (Wildman–Crippen MR) is 123 cm³/mol. The van der Waals surface area contributed by atoms with Gasteiger partial charge in [0, 0.05) is 38.0 Å². The maximum absolute atomic E-state index is 13.2. The van der Waals surface area contributed by atoms with Gasteiger partial charge < -0.3 is 19.5 Å². The predicted octanol–water partition coefficient (Wildman–Crippen LogP) is 4.04. The summed E-state index contributed by atoms with van der Waals surface area (Å²) in [4.78, 5) is 29.8. The molecule has 1 unspecified atom stereocenters. The molecular weight excluding hydrogens is 408 g/mol. The molecule has 0 saturated heterocycles. The van der Waals surface area contributed by atoms with Gasteiger partial charge in [0.25, 0.3) is 5.91 Å². The van der Waals surface area contributed by atoms with Gasteiger partial charge in [0.2, 0.25) is 0 Å². The lowest BCUT2D eigenvalue weighted by molar-refractivity contribution is -0.118. The van der Waals surface area contributed by atoms with Gasteiger partial charge in [-0.15, -0.1) is 0 Å². The standard InChI is InChI=1S/C25H28N2O5/c1-15(2)13-19(28)22-23(16-5-7-17(8-6-16)26(3)4)27(25(30)24(22)29)18-9-10-20-21(14-18)32-12-11-31-20/h5-10,14-15,23,29H,11-13H2,1-4H3. The smallest absolute Gasteiger partial charge is 0.294 e. The SMILES string of the molecule is CC(C)CC(=O)C1=C(O)C(=O)N(c2ccc3c(c2)OCCO3)C1c1ccc(N(C)C)cc1. The molecule has 0 radical (unpaired) electrons. The first kappa shape index (κ1) is 21.7. The Morgan fingerprint density at radius 2 is 1.75 bits per heavy atom. The topological polar surface area (TPSA) is 79.3 Å². The number of benzene rings is 2. The lowest BCUT2D eigenvalue weighted by Crippen LogP contribution is -2.31. The summed E-state index contributed by atoms with van der Waals surface area (Å²) >= 11 is 0. The van der Waals surface area contributed by atoms with Crippen molar-refractivity contribution in [2.75, 3.05) is 37.1 Å². The number of hydrogen-bond donors (Lipinski definition) is 1. The van der Waals surface area contributed by atoms with E-state index in [2.05, 4.69) is 0 Å². The molecule has 1 N–H and O–H groups in total. The normalized spacial score (nSPS) is 17.8. The van der Waals surface area contributed by atoms with Gasteiger partial charge in [-0.2, -0.15) is 0 Å². The molecular formula is C25H28N2O5. The van der Waals surface area contributed by atoms with Crippen molar-refractivity contribution in [3.05, 3.63) is 59.4 Å². The van der Waals surface area contributed by atoms with Crippen LogP contribution in [0.2, 0.25) is 0 Å². The molecule has 2 aromatic rings. The number of Topliss-reactive ketones (excluding diaryl/α,β-unsaturated/α-hetero) is 1. The lowest BCUT2D eigenvalue weighted by atomic mass is 9.92. The van der Waals surface area contributed by atoms with Crippen LogP contribution in [0.4, 0.5) is 11.4 Å². The molecule has 7 nitrogen and oxygen atoms in total. The Balaban J connectivity index is 1.81. The molecule has 0 aliphatic carbocycles. The fraction of sp³-hybridized carbons (Fsp3) is 0.360. The van der Waals surface area contributed by atoms with Crippen molar-refractivity contribution in [1.82, 2.24) is 0 Å². The minimum Gasteiger partial charge on any atom is -0.503 e. The molecule has 32 heavy (non-hydrogen) atoms. The average Bonchev–Trinajstić information content (AvgIpc) is 3.03. The van der Waals surface area contributed by atoms with E-state index in [0.29, 0.717) is 30.4 Å². The zero-order chi connectivity index (χ0) is 23.0. The molecule has 0 bridgehead atoms. The fourth-order valence-electron chi connectivity index (χ4n) is 4.09. The van der Waals surface area contributed by atoms with Gasteiger partial charge in [0.15, 0.2) is 23.0 Å². The van der Waals surface area contributed by atoms with Crippen LogP contribution in [0.15, 0.2) is 53.8 Å². The highest BCUT2D eigenvalue weighted by atomic mass is 16.6. The third kappa shape index (κ3) is 3.90. The number of fused-ring (bicyclic) bond motifs is 1. The van der Waals surface area contributed by atoms with E-state index in [4.69, 9.17) is 9.47 Å². The van der Waals surface area contributed by atoms with Crippen LogP contribution >= 0.6 is 0 Å². The average molecular weight is 437 g/mol. The zero-order valence-electron chi connectivity index (χ0n) is 18.8. The van der Waals surface area contributed by atoms with Crippen molar-refractivity contribution in [3.63, 3.8) is 0 Å². The molecule has 0 aromatic heterocycles. The Morgan fingerprint density at radius 1 is 1.09 bits per heavy atom. The van der Waals surface area contributed by atoms with E-state index in [1.165, 1.54) is 4.90 Å². The third-order valence-corrected chi connectivity index (χ3v) is 5.63. The van der Waals surface area contributed by atoms with E-state index in [9.17, 15) is 14.7 Å². The maximum atomic E-state index is 13.2. The van der Waals surface area contributed by atoms with Crippen LogP contribution in [0, 0.1) is 5.92 Å². The van der Waals surface area contributed by atoms with Crippen molar-refractivity contribution in [3.8, 4) is 11.5 Å². The van der Waals surface area contributed by atoms with Crippen LogP contribution in [-0.4, -0.2) is 44.1 Å². The molecule has 2 aromatic carbocycles. The van der Waals surface area contributed by atoms with Crippen LogP contribution < -0.4 is 19.3 Å². The maximum Gasteiger partial charge on any atom is 0.294 e. The number of nitrogens with zero attached hydrogens (tertiary/aromatic N) is 2. The van der Waals surface area contributed by atoms with E-state index in [0.717, 1.165) is 11.3 Å². The summed E-state index contributed by atoms with van der Waals surface area (Å²) < 4.78 is 11.3. The number of amides is 1. The van der Waals surface area contributed by atoms with Gasteiger partial charge in [0.05, 0.1) is 11.6 Å². The Morgan fingerprint density at radius 3 is 2.38 bits per heavy atom. The number of hydrogen-bond acceptors (Lipinski definition) is 6. The quantitative estimate of drug-likeness (QED) is 0.736.